The van der Waals surface area contributed by atoms with Crippen molar-refractivity contribution >= 4 is 0 Å². The quantitative estimate of drug-likeness (QED) is 0.691. The van der Waals surface area contributed by atoms with Crippen molar-refractivity contribution in [3.8, 4) is 0 Å². The summed E-state index contributed by atoms with van der Waals surface area (Å²) in [5.41, 5.74) is 0. The Kier molecular flexibility index (Phi) is 5.62. The molecule has 0 N–H and O–H groups in total. The minimum atomic E-state index is 0.676. The number of hydrogen-bond donors (Lipinski definition) is 0. The van der Waals surface area contributed by atoms with E-state index in [2.05, 4.69) is 37.5 Å². The molecule has 0 spiro atoms. The summed E-state index contributed by atoms with van der Waals surface area (Å²) in [6.07, 6.45) is 4.25. The van der Waals surface area contributed by atoms with E-state index in [9.17, 15) is 0 Å². The molecule has 1 aliphatic heterocycles. The van der Waals surface area contributed by atoms with Gasteiger partial charge in [0.1, 0.15) is 0 Å². The molecule has 2 heteroatoms. The van der Waals surface area contributed by atoms with Gasteiger partial charge in [0.2, 0.25) is 0 Å². The average Bonchev–Trinajstić information content (AvgIpc) is 2.18. The van der Waals surface area contributed by atoms with Crippen molar-refractivity contribution in [2.75, 3.05) is 26.2 Å². The van der Waals surface area contributed by atoms with Gasteiger partial charge in [-0.3, -0.25) is 4.90 Å². The van der Waals surface area contributed by atoms with E-state index in [0.29, 0.717) is 12.1 Å². The van der Waals surface area contributed by atoms with Gasteiger partial charge >= 0.3 is 0 Å². The molecule has 0 amide bonds. The summed E-state index contributed by atoms with van der Waals surface area (Å²) in [6, 6.07) is 1.35. The van der Waals surface area contributed by atoms with Crippen LogP contribution in [0.1, 0.15) is 47.0 Å². The van der Waals surface area contributed by atoms with Gasteiger partial charge in [0.05, 0.1) is 0 Å². The van der Waals surface area contributed by atoms with Crippen LogP contribution in [0.5, 0.6) is 0 Å². The molecule has 0 saturated carbocycles. The Balaban J connectivity index is 2.26. The lowest BCUT2D eigenvalue weighted by Crippen LogP contribution is -2.43. The normalized spacial score (nSPS) is 19.4. The minimum absolute atomic E-state index is 0.676. The highest BCUT2D eigenvalue weighted by Gasteiger charge is 2.15. The summed E-state index contributed by atoms with van der Waals surface area (Å²) >= 11 is 0. The lowest BCUT2D eigenvalue weighted by atomic mass is 10.1. The fourth-order valence-electron chi connectivity index (χ4n) is 2.55. The fraction of sp³-hybridized carbons (Fsp3) is 1.00. The maximum absolute atomic E-state index is 2.63. The highest BCUT2D eigenvalue weighted by Crippen LogP contribution is 2.10. The zero-order chi connectivity index (χ0) is 11.3. The van der Waals surface area contributed by atoms with Crippen molar-refractivity contribution in [3.63, 3.8) is 0 Å². The van der Waals surface area contributed by atoms with E-state index >= 15 is 0 Å². The van der Waals surface area contributed by atoms with Gasteiger partial charge in [-0.1, -0.05) is 6.42 Å². The molecule has 0 bridgehead atoms. The predicted octanol–water partition coefficient (Wildman–Crippen LogP) is 2.59. The number of rotatable bonds is 5. The van der Waals surface area contributed by atoms with Crippen LogP contribution in [0.2, 0.25) is 0 Å². The topological polar surface area (TPSA) is 6.48 Å². The first-order valence-electron chi connectivity index (χ1n) is 6.59. The predicted molar refractivity (Wildman–Crippen MR) is 67.3 cm³/mol. The van der Waals surface area contributed by atoms with E-state index in [1.54, 1.807) is 0 Å². The molecular weight excluding hydrogens is 184 g/mol. The lowest BCUT2D eigenvalue weighted by molar-refractivity contribution is 0.134. The summed E-state index contributed by atoms with van der Waals surface area (Å²) in [4.78, 5) is 5.22. The number of nitrogens with zero attached hydrogens (tertiary/aromatic N) is 2. The van der Waals surface area contributed by atoms with Crippen LogP contribution in [0.15, 0.2) is 0 Å². The highest BCUT2D eigenvalue weighted by molar-refractivity contribution is 4.71. The van der Waals surface area contributed by atoms with E-state index < -0.39 is 0 Å². The zero-order valence-electron chi connectivity index (χ0n) is 11.0. The monoisotopic (exact) mass is 212 g/mol. The fourth-order valence-corrected chi connectivity index (χ4v) is 2.55. The van der Waals surface area contributed by atoms with Crippen molar-refractivity contribution in [3.05, 3.63) is 0 Å². The molecule has 0 radical (unpaired) electrons. The smallest absolute Gasteiger partial charge is 0.0115 e. The molecule has 1 aliphatic rings. The molecule has 0 aromatic heterocycles. The summed E-state index contributed by atoms with van der Waals surface area (Å²) < 4.78 is 0. The molecule has 0 aliphatic carbocycles. The molecule has 15 heavy (non-hydrogen) atoms. The van der Waals surface area contributed by atoms with Crippen LogP contribution in [0, 0.1) is 0 Å². The second-order valence-electron chi connectivity index (χ2n) is 5.33. The third-order valence-corrected chi connectivity index (χ3v) is 3.45. The van der Waals surface area contributed by atoms with Crippen molar-refractivity contribution in [2.24, 2.45) is 0 Å². The first-order valence-corrected chi connectivity index (χ1v) is 6.59. The molecule has 1 saturated heterocycles. The van der Waals surface area contributed by atoms with E-state index in [0.717, 1.165) is 0 Å². The van der Waals surface area contributed by atoms with Crippen molar-refractivity contribution in [2.45, 2.75) is 59.0 Å². The van der Waals surface area contributed by atoms with Gasteiger partial charge in [0.15, 0.2) is 0 Å². The van der Waals surface area contributed by atoms with Gasteiger partial charge in [-0.25, -0.2) is 0 Å². The van der Waals surface area contributed by atoms with Crippen molar-refractivity contribution < 1.29 is 0 Å². The van der Waals surface area contributed by atoms with Crippen LogP contribution >= 0.6 is 0 Å². The second-order valence-corrected chi connectivity index (χ2v) is 5.33. The number of likely N-dealkylation sites (tertiary alicyclic amines) is 1. The summed E-state index contributed by atoms with van der Waals surface area (Å²) in [5.74, 6) is 0. The van der Waals surface area contributed by atoms with Crippen LogP contribution in [0.3, 0.4) is 0 Å². The van der Waals surface area contributed by atoms with Crippen molar-refractivity contribution in [1.82, 2.24) is 9.80 Å². The molecule has 0 unspecified atom stereocenters. The standard InChI is InChI=1S/C13H28N2/c1-12(2)15(13(3)4)11-10-14-8-6-5-7-9-14/h12-13H,5-11H2,1-4H3. The molecule has 0 atom stereocenters. The van der Waals surface area contributed by atoms with Gasteiger partial charge in [0, 0.05) is 25.2 Å². The SMILES string of the molecule is CC(C)N(CCN1CCCCC1)C(C)C. The molecule has 2 nitrogen and oxygen atoms in total. The first-order chi connectivity index (χ1) is 7.11. The molecule has 1 heterocycles. The molecule has 1 rings (SSSR count). The van der Waals surface area contributed by atoms with E-state index in [1.165, 1.54) is 45.4 Å². The van der Waals surface area contributed by atoms with Crippen LogP contribution in [-0.4, -0.2) is 48.1 Å². The van der Waals surface area contributed by atoms with Gasteiger partial charge < -0.3 is 4.90 Å². The Morgan fingerprint density at radius 3 is 1.93 bits per heavy atom. The maximum Gasteiger partial charge on any atom is 0.0115 e. The number of hydrogen-bond acceptors (Lipinski definition) is 2. The Morgan fingerprint density at radius 2 is 1.47 bits per heavy atom. The van der Waals surface area contributed by atoms with Gasteiger partial charge in [0.25, 0.3) is 0 Å². The zero-order valence-corrected chi connectivity index (χ0v) is 11.0. The van der Waals surface area contributed by atoms with E-state index in [1.807, 2.05) is 0 Å². The van der Waals surface area contributed by atoms with Crippen molar-refractivity contribution in [1.29, 1.82) is 0 Å². The Morgan fingerprint density at radius 1 is 0.933 bits per heavy atom. The third-order valence-electron chi connectivity index (χ3n) is 3.45. The van der Waals surface area contributed by atoms with Crippen LogP contribution in [0.25, 0.3) is 0 Å². The minimum Gasteiger partial charge on any atom is -0.302 e. The molecule has 0 aromatic carbocycles. The summed E-state index contributed by atoms with van der Waals surface area (Å²) in [6.45, 7) is 14.3. The summed E-state index contributed by atoms with van der Waals surface area (Å²) in [5, 5.41) is 0. The lowest BCUT2D eigenvalue weighted by Gasteiger charge is -2.34. The van der Waals surface area contributed by atoms with E-state index in [-0.39, 0.29) is 0 Å². The van der Waals surface area contributed by atoms with Gasteiger partial charge in [-0.05, 0) is 53.6 Å². The largest absolute Gasteiger partial charge is 0.302 e. The molecular formula is C13H28N2. The van der Waals surface area contributed by atoms with Gasteiger partial charge in [-0.15, -0.1) is 0 Å². The number of piperidine rings is 1. The molecule has 90 valence electrons. The average molecular weight is 212 g/mol. The van der Waals surface area contributed by atoms with E-state index in [4.69, 9.17) is 0 Å². The first kappa shape index (κ1) is 13.0. The Hall–Kier alpha value is -0.0800. The van der Waals surface area contributed by atoms with Crippen LogP contribution in [-0.2, 0) is 0 Å². The van der Waals surface area contributed by atoms with Crippen LogP contribution < -0.4 is 0 Å². The van der Waals surface area contributed by atoms with Crippen LogP contribution in [0.4, 0.5) is 0 Å². The maximum atomic E-state index is 2.63. The summed E-state index contributed by atoms with van der Waals surface area (Å²) in [7, 11) is 0. The Labute approximate surface area is 95.6 Å². The molecule has 1 fully saturated rings. The molecule has 0 aromatic rings. The Bertz CT molecular complexity index is 152. The third kappa shape index (κ3) is 4.52. The second kappa shape index (κ2) is 6.49. The highest BCUT2D eigenvalue weighted by atomic mass is 15.2. The van der Waals surface area contributed by atoms with Gasteiger partial charge in [-0.2, -0.15) is 0 Å².